The highest BCUT2D eigenvalue weighted by molar-refractivity contribution is 7.61. The van der Waals surface area contributed by atoms with Crippen molar-refractivity contribution in [2.45, 2.75) is 49.0 Å². The summed E-state index contributed by atoms with van der Waals surface area (Å²) in [5.41, 5.74) is 11.2. The number of hydrogen-bond donors (Lipinski definition) is 8. The summed E-state index contributed by atoms with van der Waals surface area (Å²) in [5, 5.41) is 41.6. The maximum atomic E-state index is 12.4. The zero-order valence-corrected chi connectivity index (χ0v) is 23.9. The third-order valence-electron chi connectivity index (χ3n) is 6.69. The van der Waals surface area contributed by atoms with Gasteiger partial charge in [-0.1, -0.05) is 6.07 Å². The number of ether oxygens (including phenoxy) is 2. The van der Waals surface area contributed by atoms with Crippen molar-refractivity contribution in [3.05, 3.63) is 42.2 Å². The number of anilines is 1. The highest BCUT2D eigenvalue weighted by atomic mass is 31.3. The van der Waals surface area contributed by atoms with Crippen LogP contribution in [0.5, 0.6) is 0 Å². The summed E-state index contributed by atoms with van der Waals surface area (Å²) < 4.78 is 50.7. The van der Waals surface area contributed by atoms with E-state index in [1.54, 1.807) is 0 Å². The Hall–Kier alpha value is -3.01. The maximum absolute atomic E-state index is 12.4. The van der Waals surface area contributed by atoms with Crippen LogP contribution < -0.4 is 11.5 Å². The normalized spacial score (nSPS) is 31.6. The Morgan fingerprint density at radius 2 is 1.57 bits per heavy atom. The molecule has 0 radical (unpaired) electrons. The van der Waals surface area contributed by atoms with Crippen LogP contribution >= 0.6 is 15.6 Å². The zero-order valence-electron chi connectivity index (χ0n) is 22.2. The molecule has 2 saturated heterocycles. The number of nitrogen functional groups attached to an aromatic ring is 1. The van der Waals surface area contributed by atoms with Gasteiger partial charge in [0.2, 0.25) is 0 Å². The predicted molar refractivity (Wildman–Crippen MR) is 141 cm³/mol. The van der Waals surface area contributed by atoms with Crippen LogP contribution in [0.3, 0.4) is 0 Å². The minimum atomic E-state index is -5.38. The molecule has 2 unspecified atom stereocenters. The molecule has 23 heteroatoms. The van der Waals surface area contributed by atoms with E-state index in [1.165, 1.54) is 29.1 Å². The van der Waals surface area contributed by atoms with Crippen LogP contribution in [-0.4, -0.2) is 110 Å². The van der Waals surface area contributed by atoms with Crippen LogP contribution in [0.1, 0.15) is 28.5 Å². The molecule has 3 aromatic rings. The van der Waals surface area contributed by atoms with Gasteiger partial charge in [-0.25, -0.2) is 29.1 Å². The van der Waals surface area contributed by atoms with E-state index in [-0.39, 0.29) is 28.4 Å². The van der Waals surface area contributed by atoms with Crippen molar-refractivity contribution in [2.24, 2.45) is 5.73 Å². The lowest BCUT2D eigenvalue weighted by Crippen LogP contribution is -2.33. The number of primary amides is 1. The summed E-state index contributed by atoms with van der Waals surface area (Å²) in [7, 11) is -10.8. The molecule has 0 saturated carbocycles. The van der Waals surface area contributed by atoms with Gasteiger partial charge in [-0.2, -0.15) is 4.31 Å². The van der Waals surface area contributed by atoms with Crippen molar-refractivity contribution in [3.8, 4) is 0 Å². The average Bonchev–Trinajstić information content (AvgIpc) is 3.61. The number of carbonyl (C=O) groups excluding carboxylic acids is 1. The van der Waals surface area contributed by atoms with E-state index in [2.05, 4.69) is 28.8 Å². The Bertz CT molecular complexity index is 1630. The number of rotatable bonds is 11. The number of carbonyl (C=O) groups is 1. The van der Waals surface area contributed by atoms with E-state index in [1.807, 2.05) is 0 Å². The second-order valence-corrected chi connectivity index (χ2v) is 12.7. The first kappa shape index (κ1) is 32.4. The van der Waals surface area contributed by atoms with E-state index in [4.69, 9.17) is 25.5 Å². The lowest BCUT2D eigenvalue weighted by Gasteiger charge is -2.20. The molecule has 240 valence electrons. The molecule has 5 heterocycles. The summed E-state index contributed by atoms with van der Waals surface area (Å²) >= 11 is 0. The lowest BCUT2D eigenvalue weighted by atomic mass is 10.1. The fourth-order valence-electron chi connectivity index (χ4n) is 4.54. The highest BCUT2D eigenvalue weighted by Gasteiger charge is 2.48. The third-order valence-corrected chi connectivity index (χ3v) is 9.29. The topological polar surface area (TPSA) is 327 Å². The molecule has 0 spiro atoms. The Morgan fingerprint density at radius 1 is 0.932 bits per heavy atom. The fraction of sp³-hybridized carbons (Fsp3) is 0.476. The Kier molecular flexibility index (Phi) is 9.13. The first-order chi connectivity index (χ1) is 20.7. The van der Waals surface area contributed by atoms with Crippen LogP contribution in [0.25, 0.3) is 11.2 Å². The maximum Gasteiger partial charge on any atom is 0.481 e. The third kappa shape index (κ3) is 6.65. The van der Waals surface area contributed by atoms with Crippen molar-refractivity contribution in [2.75, 3.05) is 18.9 Å². The second-order valence-electron chi connectivity index (χ2n) is 9.63. The number of aliphatic hydroxyl groups is 4. The van der Waals surface area contributed by atoms with Crippen LogP contribution in [-0.2, 0) is 32.0 Å². The van der Waals surface area contributed by atoms with E-state index < -0.39 is 83.7 Å². The number of nitrogens with two attached hydrogens (primary N) is 2. The molecule has 0 aliphatic carbocycles. The molecule has 5 rings (SSSR count). The number of fused-ring (bicyclic) bond motifs is 1. The van der Waals surface area contributed by atoms with Gasteiger partial charge in [0.05, 0.1) is 25.2 Å². The number of hydrogen-bond acceptors (Lipinski definition) is 17. The summed E-state index contributed by atoms with van der Waals surface area (Å²) in [6, 6.07) is 4.10. The summed E-state index contributed by atoms with van der Waals surface area (Å²) in [5.74, 6) is -0.807. The Labute approximate surface area is 246 Å². The van der Waals surface area contributed by atoms with Crippen LogP contribution in [0.4, 0.5) is 5.82 Å². The lowest BCUT2D eigenvalue weighted by molar-refractivity contribution is -0.0507. The fourth-order valence-corrected chi connectivity index (χ4v) is 6.63. The van der Waals surface area contributed by atoms with E-state index in [0.717, 1.165) is 6.33 Å². The quantitative estimate of drug-likeness (QED) is 0.0994. The highest BCUT2D eigenvalue weighted by Crippen LogP contribution is 2.60. The van der Waals surface area contributed by atoms with Gasteiger partial charge in [0.1, 0.15) is 60.3 Å². The molecular weight excluding hydrogens is 636 g/mol. The van der Waals surface area contributed by atoms with Crippen molar-refractivity contribution in [1.29, 1.82) is 0 Å². The smallest absolute Gasteiger partial charge is 0.387 e. The van der Waals surface area contributed by atoms with Crippen molar-refractivity contribution in [1.82, 2.24) is 24.5 Å². The standard InChI is InChI=1S/C21H27N7O14P2/c22-18-12-20(25-6-24-18)28(7-26-12)21-16(32)14(30)11(41-21)5-39-44(36,37)42-43(34,35)38-4-10-13(29)15(31)17(40-10)8-2-1-3-9(27-8)19(23)33/h1-3,6-7,10-11,13-17,21,29-32H,4-5H2,(H2,23,33)(H,34,35)(H,36,37)(H2,22,24,25)/t10-,11+,13-,14+,15-,16+,17+,21+/m1/s1. The van der Waals surface area contributed by atoms with E-state index in [9.17, 15) is 44.1 Å². The number of phosphoric ester groups is 2. The van der Waals surface area contributed by atoms with Gasteiger partial charge in [-0.15, -0.1) is 0 Å². The summed E-state index contributed by atoms with van der Waals surface area (Å²) in [4.78, 5) is 47.2. The average molecular weight is 663 g/mol. The van der Waals surface area contributed by atoms with Gasteiger partial charge >= 0.3 is 15.6 Å². The molecule has 3 aromatic heterocycles. The van der Waals surface area contributed by atoms with Crippen molar-refractivity contribution < 1.29 is 67.0 Å². The molecule has 0 bridgehead atoms. The SMILES string of the molecule is NC(=O)c1cccc([C@@H]2O[C@H](COP(=O)(O)OP(=O)(O)OC[C@@H]3O[C@H](n4cnc5c(N)ncnc54)[C@@H](O)[C@H]3O)[C@@H](O)[C@H]2O)n1. The first-order valence-corrected chi connectivity index (χ1v) is 15.6. The van der Waals surface area contributed by atoms with Gasteiger partial charge in [-0.3, -0.25) is 18.4 Å². The van der Waals surface area contributed by atoms with Gasteiger partial charge in [-0.05, 0) is 12.1 Å². The number of phosphoric acid groups is 2. The van der Waals surface area contributed by atoms with Gasteiger partial charge in [0, 0.05) is 0 Å². The Morgan fingerprint density at radius 3 is 2.23 bits per heavy atom. The molecule has 21 nitrogen and oxygen atoms in total. The van der Waals surface area contributed by atoms with Crippen molar-refractivity contribution >= 4 is 38.5 Å². The minimum absolute atomic E-state index is 0.0225. The molecule has 2 aliphatic rings. The number of aromatic nitrogens is 5. The molecule has 10 atom stereocenters. The second kappa shape index (κ2) is 12.4. The summed E-state index contributed by atoms with van der Waals surface area (Å²) in [6.07, 6.45) is -9.61. The molecular formula is C21H27N7O14P2. The Balaban J connectivity index is 1.16. The van der Waals surface area contributed by atoms with E-state index in [0.29, 0.717) is 0 Å². The largest absolute Gasteiger partial charge is 0.481 e. The van der Waals surface area contributed by atoms with Gasteiger partial charge in [0.15, 0.2) is 17.7 Å². The molecule has 0 aromatic carbocycles. The molecule has 44 heavy (non-hydrogen) atoms. The first-order valence-electron chi connectivity index (χ1n) is 12.6. The number of pyridine rings is 1. The minimum Gasteiger partial charge on any atom is -0.387 e. The number of nitrogens with zero attached hydrogens (tertiary/aromatic N) is 5. The number of aliphatic hydroxyl groups excluding tert-OH is 4. The number of imidazole rings is 1. The van der Waals surface area contributed by atoms with Crippen LogP contribution in [0, 0.1) is 0 Å². The van der Waals surface area contributed by atoms with Crippen molar-refractivity contribution in [3.63, 3.8) is 0 Å². The van der Waals surface area contributed by atoms with Crippen LogP contribution in [0.15, 0.2) is 30.9 Å². The monoisotopic (exact) mass is 663 g/mol. The predicted octanol–water partition coefficient (Wildman–Crippen LogP) is -2.37. The van der Waals surface area contributed by atoms with Gasteiger partial charge in [0.25, 0.3) is 5.91 Å². The molecule has 1 amide bonds. The van der Waals surface area contributed by atoms with Crippen LogP contribution in [0.2, 0.25) is 0 Å². The molecule has 10 N–H and O–H groups in total. The van der Waals surface area contributed by atoms with Gasteiger partial charge < -0.3 is 51.2 Å². The molecule has 2 aliphatic heterocycles. The summed E-state index contributed by atoms with van der Waals surface area (Å²) in [6.45, 7) is -1.81. The van der Waals surface area contributed by atoms with E-state index >= 15 is 0 Å². The molecule has 2 fully saturated rings. The number of amides is 1. The zero-order chi connectivity index (χ0) is 32.0.